The Balaban J connectivity index is 1.69. The maximum atomic E-state index is 11.5. The summed E-state index contributed by atoms with van der Waals surface area (Å²) < 4.78 is 13.3. The number of phenols is 1. The highest BCUT2D eigenvalue weighted by molar-refractivity contribution is 5.39. The lowest BCUT2D eigenvalue weighted by Crippen LogP contribution is -2.48. The van der Waals surface area contributed by atoms with E-state index >= 15 is 0 Å². The summed E-state index contributed by atoms with van der Waals surface area (Å²) in [6.07, 6.45) is 6.51. The van der Waals surface area contributed by atoms with Crippen molar-refractivity contribution in [3.63, 3.8) is 0 Å². The SMILES string of the molecule is CC(C)=CCc1cc([C@@H]2O[C@@H]3[C@H](O)[C@@]4(C)CC=C(C)CC[C@@H]4[C@]3(C(C)C)O2)ccc1O. The van der Waals surface area contributed by atoms with Gasteiger partial charge in [0.2, 0.25) is 0 Å². The summed E-state index contributed by atoms with van der Waals surface area (Å²) in [5.41, 5.74) is 3.61. The molecule has 4 heteroatoms. The lowest BCUT2D eigenvalue weighted by molar-refractivity contribution is -0.157. The predicted octanol–water partition coefficient (Wildman–Crippen LogP) is 5.84. The second kappa shape index (κ2) is 8.06. The zero-order chi connectivity index (χ0) is 22.6. The minimum absolute atomic E-state index is 0.213. The molecule has 1 heterocycles. The van der Waals surface area contributed by atoms with Gasteiger partial charge in [-0.05, 0) is 76.0 Å². The van der Waals surface area contributed by atoms with Crippen molar-refractivity contribution in [2.75, 3.05) is 0 Å². The minimum atomic E-state index is -0.575. The van der Waals surface area contributed by atoms with Gasteiger partial charge in [-0.1, -0.05) is 50.1 Å². The maximum absolute atomic E-state index is 11.5. The maximum Gasteiger partial charge on any atom is 0.185 e. The van der Waals surface area contributed by atoms with Gasteiger partial charge in [-0.3, -0.25) is 0 Å². The molecule has 170 valence electrons. The summed E-state index contributed by atoms with van der Waals surface area (Å²) in [4.78, 5) is 0. The Bertz CT molecular complexity index is 896. The van der Waals surface area contributed by atoms with Gasteiger partial charge in [-0.25, -0.2) is 0 Å². The number of rotatable bonds is 4. The predicted molar refractivity (Wildman–Crippen MR) is 123 cm³/mol. The molecule has 0 radical (unpaired) electrons. The molecule has 2 fully saturated rings. The van der Waals surface area contributed by atoms with Crippen LogP contribution in [0.1, 0.15) is 78.2 Å². The molecule has 6 atom stereocenters. The molecule has 2 N–H and O–H groups in total. The van der Waals surface area contributed by atoms with Crippen LogP contribution in [0.3, 0.4) is 0 Å². The molecule has 0 unspecified atom stereocenters. The molecule has 1 aliphatic heterocycles. The molecule has 4 rings (SSSR count). The van der Waals surface area contributed by atoms with Crippen LogP contribution < -0.4 is 0 Å². The molecule has 0 amide bonds. The number of benzene rings is 1. The Morgan fingerprint density at radius 3 is 2.71 bits per heavy atom. The van der Waals surface area contributed by atoms with Crippen LogP contribution in [0, 0.1) is 17.3 Å². The number of aliphatic hydroxyl groups excluding tert-OH is 1. The third kappa shape index (κ3) is 3.57. The summed E-state index contributed by atoms with van der Waals surface area (Å²) in [7, 11) is 0. The summed E-state index contributed by atoms with van der Waals surface area (Å²) in [5, 5.41) is 21.8. The van der Waals surface area contributed by atoms with Crippen molar-refractivity contribution < 1.29 is 19.7 Å². The van der Waals surface area contributed by atoms with Crippen LogP contribution in [0.5, 0.6) is 5.75 Å². The van der Waals surface area contributed by atoms with Gasteiger partial charge in [-0.2, -0.15) is 0 Å². The van der Waals surface area contributed by atoms with Gasteiger partial charge < -0.3 is 19.7 Å². The van der Waals surface area contributed by atoms with E-state index in [2.05, 4.69) is 53.7 Å². The average molecular weight is 427 g/mol. The molecule has 0 bridgehead atoms. The molecule has 1 saturated carbocycles. The highest BCUT2D eigenvalue weighted by Gasteiger charge is 2.71. The number of hydrogen-bond donors (Lipinski definition) is 2. The van der Waals surface area contributed by atoms with Crippen LogP contribution in [0.4, 0.5) is 0 Å². The molecule has 1 saturated heterocycles. The second-order valence-electron chi connectivity index (χ2n) is 10.7. The Morgan fingerprint density at radius 1 is 1.29 bits per heavy atom. The van der Waals surface area contributed by atoms with Crippen LogP contribution >= 0.6 is 0 Å². The van der Waals surface area contributed by atoms with Gasteiger partial charge in [0.05, 0.1) is 6.10 Å². The van der Waals surface area contributed by atoms with Gasteiger partial charge in [0.15, 0.2) is 6.29 Å². The van der Waals surface area contributed by atoms with Crippen molar-refractivity contribution in [2.45, 2.75) is 91.3 Å². The summed E-state index contributed by atoms with van der Waals surface area (Å²) in [6.45, 7) is 12.9. The van der Waals surface area contributed by atoms with Crippen molar-refractivity contribution in [2.24, 2.45) is 17.3 Å². The Hall–Kier alpha value is -1.62. The topological polar surface area (TPSA) is 58.9 Å². The van der Waals surface area contributed by atoms with E-state index in [0.29, 0.717) is 6.42 Å². The molecular weight excluding hydrogens is 388 g/mol. The van der Waals surface area contributed by atoms with Crippen molar-refractivity contribution in [3.8, 4) is 5.75 Å². The van der Waals surface area contributed by atoms with Crippen LogP contribution in [-0.4, -0.2) is 28.0 Å². The van der Waals surface area contributed by atoms with E-state index in [1.807, 2.05) is 12.1 Å². The Morgan fingerprint density at radius 2 is 2.03 bits per heavy atom. The third-order valence-electron chi connectivity index (χ3n) is 8.06. The quantitative estimate of drug-likeness (QED) is 0.594. The van der Waals surface area contributed by atoms with E-state index in [0.717, 1.165) is 30.4 Å². The van der Waals surface area contributed by atoms with Crippen molar-refractivity contribution >= 4 is 0 Å². The first-order valence-corrected chi connectivity index (χ1v) is 11.7. The van der Waals surface area contributed by atoms with E-state index in [9.17, 15) is 10.2 Å². The van der Waals surface area contributed by atoms with Crippen LogP contribution in [0.15, 0.2) is 41.5 Å². The first kappa shape index (κ1) is 22.6. The van der Waals surface area contributed by atoms with Gasteiger partial charge in [0, 0.05) is 11.0 Å². The highest BCUT2D eigenvalue weighted by Crippen LogP contribution is 2.64. The number of phenolic OH excluding ortho intramolecular Hbond substituents is 1. The fourth-order valence-corrected chi connectivity index (χ4v) is 6.12. The zero-order valence-electron chi connectivity index (χ0n) is 19.8. The molecule has 1 aromatic rings. The van der Waals surface area contributed by atoms with Crippen LogP contribution in [0.25, 0.3) is 0 Å². The van der Waals surface area contributed by atoms with Gasteiger partial charge in [0.25, 0.3) is 0 Å². The third-order valence-corrected chi connectivity index (χ3v) is 8.06. The van der Waals surface area contributed by atoms with E-state index in [1.54, 1.807) is 6.07 Å². The van der Waals surface area contributed by atoms with Crippen molar-refractivity contribution in [1.29, 1.82) is 0 Å². The van der Waals surface area contributed by atoms with Gasteiger partial charge in [0.1, 0.15) is 17.5 Å². The molecule has 3 aliphatic rings. The largest absolute Gasteiger partial charge is 0.508 e. The van der Waals surface area contributed by atoms with Crippen LogP contribution in [-0.2, 0) is 15.9 Å². The molecular formula is C27H38O4. The number of fused-ring (bicyclic) bond motifs is 3. The first-order valence-electron chi connectivity index (χ1n) is 11.7. The minimum Gasteiger partial charge on any atom is -0.508 e. The van der Waals surface area contributed by atoms with Crippen molar-refractivity contribution in [3.05, 3.63) is 52.6 Å². The van der Waals surface area contributed by atoms with Gasteiger partial charge in [-0.15, -0.1) is 0 Å². The smallest absolute Gasteiger partial charge is 0.185 e. The van der Waals surface area contributed by atoms with E-state index in [4.69, 9.17) is 9.47 Å². The number of allylic oxidation sites excluding steroid dienone is 4. The zero-order valence-corrected chi connectivity index (χ0v) is 19.8. The highest BCUT2D eigenvalue weighted by atomic mass is 16.7. The van der Waals surface area contributed by atoms with E-state index < -0.39 is 18.0 Å². The monoisotopic (exact) mass is 426 g/mol. The average Bonchev–Trinajstić information content (AvgIpc) is 3.12. The molecule has 1 aromatic carbocycles. The summed E-state index contributed by atoms with van der Waals surface area (Å²) in [5.74, 6) is 0.724. The van der Waals surface area contributed by atoms with Crippen molar-refractivity contribution in [1.82, 2.24) is 0 Å². The molecule has 31 heavy (non-hydrogen) atoms. The molecule has 0 aromatic heterocycles. The number of ether oxygens (including phenoxy) is 2. The lowest BCUT2D eigenvalue weighted by atomic mass is 9.68. The Labute approximate surface area is 187 Å². The number of aliphatic hydroxyl groups is 1. The van der Waals surface area contributed by atoms with E-state index in [-0.39, 0.29) is 29.1 Å². The van der Waals surface area contributed by atoms with E-state index in [1.165, 1.54) is 11.1 Å². The lowest BCUT2D eigenvalue weighted by Gasteiger charge is -2.42. The fourth-order valence-electron chi connectivity index (χ4n) is 6.12. The fraction of sp³-hybridized carbons (Fsp3) is 0.630. The normalized spacial score (nSPS) is 37.2. The molecule has 0 spiro atoms. The standard InChI is InChI=1S/C27H38O4/c1-16(2)7-9-19-15-20(10-11-21(19)28)25-30-24-23(29)26(6)14-13-18(5)8-12-22(26)27(24,31-25)17(3)4/h7,10-11,13,15,17,22-25,28-29H,8-9,12,14H2,1-6H3/t22-,23-,24+,25+,26-,27-/m0/s1. The van der Waals surface area contributed by atoms with Crippen LogP contribution in [0.2, 0.25) is 0 Å². The molecule has 4 nitrogen and oxygen atoms in total. The summed E-state index contributed by atoms with van der Waals surface area (Å²) >= 11 is 0. The molecule has 2 aliphatic carbocycles. The number of aromatic hydroxyl groups is 1. The summed E-state index contributed by atoms with van der Waals surface area (Å²) in [6, 6.07) is 5.59. The van der Waals surface area contributed by atoms with Gasteiger partial charge >= 0.3 is 0 Å². The Kier molecular flexibility index (Phi) is 5.87. The second-order valence-corrected chi connectivity index (χ2v) is 10.7. The number of hydrogen-bond acceptors (Lipinski definition) is 4. The first-order chi connectivity index (χ1) is 14.6.